The fraction of sp³-hybridized carbons (Fsp3) is 0.882. The molecule has 0 radical (unpaired) electrons. The lowest BCUT2D eigenvalue weighted by atomic mass is 9.70. The highest BCUT2D eigenvalue weighted by molar-refractivity contribution is 5.02. The van der Waals surface area contributed by atoms with Crippen LogP contribution in [-0.2, 0) is 0 Å². The molecule has 0 unspecified atom stereocenters. The number of hydrogen-bond donors (Lipinski definition) is 0. The summed E-state index contributed by atoms with van der Waals surface area (Å²) in [7, 11) is 0. The quantitative estimate of drug-likeness (QED) is 0.632. The third-order valence-electron chi connectivity index (χ3n) is 4.82. The largest absolute Gasteiger partial charge is 0.299 e. The van der Waals surface area contributed by atoms with Gasteiger partial charge in [0.25, 0.3) is 0 Å². The van der Waals surface area contributed by atoms with Crippen molar-refractivity contribution in [2.45, 2.75) is 66.7 Å². The Morgan fingerprint density at radius 3 is 2.39 bits per heavy atom. The average molecular weight is 251 g/mol. The van der Waals surface area contributed by atoms with E-state index in [1.165, 1.54) is 57.3 Å². The van der Waals surface area contributed by atoms with Gasteiger partial charge in [-0.3, -0.25) is 4.90 Å². The molecule has 0 aromatic carbocycles. The highest BCUT2D eigenvalue weighted by Crippen LogP contribution is 2.45. The van der Waals surface area contributed by atoms with E-state index in [1.54, 1.807) is 0 Å². The van der Waals surface area contributed by atoms with Crippen molar-refractivity contribution in [2.24, 2.45) is 11.3 Å². The maximum Gasteiger partial charge on any atom is 0.0190 e. The Kier molecular flexibility index (Phi) is 6.42. The van der Waals surface area contributed by atoms with E-state index in [0.29, 0.717) is 5.41 Å². The summed E-state index contributed by atoms with van der Waals surface area (Å²) in [4.78, 5) is 2.67. The summed E-state index contributed by atoms with van der Waals surface area (Å²) >= 11 is 0. The standard InChI is InChI=1S/C15H27N.C2H6/c1-4-13(2)11-16-10-9-15(12-16)7-5-14(3)6-8-15;1-2/h4,14H,5-12H2,1-3H3;1-2H3/b13-4+;. The van der Waals surface area contributed by atoms with Crippen LogP contribution in [0, 0.1) is 11.3 Å². The summed E-state index contributed by atoms with van der Waals surface area (Å²) in [5.41, 5.74) is 2.24. The molecule has 1 saturated carbocycles. The van der Waals surface area contributed by atoms with E-state index >= 15 is 0 Å². The number of likely N-dealkylation sites (tertiary alicyclic amines) is 1. The molecule has 0 bridgehead atoms. The first kappa shape index (κ1) is 15.8. The third-order valence-corrected chi connectivity index (χ3v) is 4.82. The Morgan fingerprint density at radius 1 is 1.22 bits per heavy atom. The zero-order valence-corrected chi connectivity index (χ0v) is 13.3. The Balaban J connectivity index is 0.000000771. The number of allylic oxidation sites excluding steroid dienone is 1. The van der Waals surface area contributed by atoms with Gasteiger partial charge in [0, 0.05) is 13.1 Å². The molecular formula is C17H33N. The number of hydrogen-bond acceptors (Lipinski definition) is 1. The van der Waals surface area contributed by atoms with E-state index in [1.807, 2.05) is 13.8 Å². The van der Waals surface area contributed by atoms with Crippen molar-refractivity contribution >= 4 is 0 Å². The fourth-order valence-electron chi connectivity index (χ4n) is 3.39. The van der Waals surface area contributed by atoms with Crippen LogP contribution in [0.2, 0.25) is 0 Å². The summed E-state index contributed by atoms with van der Waals surface area (Å²) in [5.74, 6) is 0.983. The van der Waals surface area contributed by atoms with E-state index in [9.17, 15) is 0 Å². The molecule has 1 saturated heterocycles. The van der Waals surface area contributed by atoms with Crippen LogP contribution < -0.4 is 0 Å². The second-order valence-electron chi connectivity index (χ2n) is 6.28. The van der Waals surface area contributed by atoms with Crippen LogP contribution in [-0.4, -0.2) is 24.5 Å². The van der Waals surface area contributed by atoms with Gasteiger partial charge in [-0.1, -0.05) is 45.3 Å². The van der Waals surface area contributed by atoms with Crippen LogP contribution >= 0.6 is 0 Å². The van der Waals surface area contributed by atoms with Crippen molar-refractivity contribution in [3.63, 3.8) is 0 Å². The molecule has 0 atom stereocenters. The van der Waals surface area contributed by atoms with Crippen LogP contribution in [0.3, 0.4) is 0 Å². The lowest BCUT2D eigenvalue weighted by Gasteiger charge is -2.36. The first-order valence-corrected chi connectivity index (χ1v) is 7.98. The topological polar surface area (TPSA) is 3.24 Å². The first-order chi connectivity index (χ1) is 8.63. The fourth-order valence-corrected chi connectivity index (χ4v) is 3.39. The van der Waals surface area contributed by atoms with E-state index in [0.717, 1.165) is 5.92 Å². The zero-order valence-electron chi connectivity index (χ0n) is 13.3. The summed E-state index contributed by atoms with van der Waals surface area (Å²) < 4.78 is 0. The zero-order chi connectivity index (χ0) is 13.6. The molecule has 1 heteroatoms. The van der Waals surface area contributed by atoms with Gasteiger partial charge in [-0.15, -0.1) is 0 Å². The SMILES string of the molecule is C/C=C(\C)CN1CCC2(CCC(C)CC2)C1.CC. The molecule has 1 aliphatic carbocycles. The van der Waals surface area contributed by atoms with Gasteiger partial charge >= 0.3 is 0 Å². The van der Waals surface area contributed by atoms with Gasteiger partial charge in [-0.25, -0.2) is 0 Å². The van der Waals surface area contributed by atoms with E-state index in [4.69, 9.17) is 0 Å². The molecule has 1 aliphatic heterocycles. The molecule has 0 aromatic heterocycles. The predicted molar refractivity (Wildman–Crippen MR) is 81.9 cm³/mol. The van der Waals surface area contributed by atoms with Gasteiger partial charge in [0.1, 0.15) is 0 Å². The van der Waals surface area contributed by atoms with Crippen LogP contribution in [0.4, 0.5) is 0 Å². The van der Waals surface area contributed by atoms with Crippen molar-refractivity contribution in [3.8, 4) is 0 Å². The smallest absolute Gasteiger partial charge is 0.0190 e. The molecule has 2 aliphatic rings. The Labute approximate surface area is 115 Å². The molecule has 2 fully saturated rings. The Bertz CT molecular complexity index is 259. The van der Waals surface area contributed by atoms with Gasteiger partial charge in [-0.05, 0) is 51.0 Å². The van der Waals surface area contributed by atoms with E-state index in [2.05, 4.69) is 31.7 Å². The highest BCUT2D eigenvalue weighted by atomic mass is 15.2. The monoisotopic (exact) mass is 251 g/mol. The van der Waals surface area contributed by atoms with Gasteiger partial charge in [0.2, 0.25) is 0 Å². The van der Waals surface area contributed by atoms with Crippen LogP contribution in [0.15, 0.2) is 11.6 Å². The van der Waals surface area contributed by atoms with Crippen molar-refractivity contribution < 1.29 is 0 Å². The molecule has 1 heterocycles. The van der Waals surface area contributed by atoms with E-state index < -0.39 is 0 Å². The van der Waals surface area contributed by atoms with Gasteiger partial charge in [0.15, 0.2) is 0 Å². The summed E-state index contributed by atoms with van der Waals surface area (Å²) in [6.45, 7) is 14.7. The molecule has 106 valence electrons. The minimum atomic E-state index is 0.709. The lowest BCUT2D eigenvalue weighted by Crippen LogP contribution is -2.31. The first-order valence-electron chi connectivity index (χ1n) is 7.98. The van der Waals surface area contributed by atoms with Crippen LogP contribution in [0.5, 0.6) is 0 Å². The molecule has 0 amide bonds. The average Bonchev–Trinajstić information content (AvgIpc) is 2.79. The van der Waals surface area contributed by atoms with Crippen molar-refractivity contribution in [2.75, 3.05) is 19.6 Å². The molecule has 18 heavy (non-hydrogen) atoms. The summed E-state index contributed by atoms with van der Waals surface area (Å²) in [6.07, 6.45) is 9.62. The predicted octanol–water partition coefficient (Wildman–Crippen LogP) is 4.88. The van der Waals surface area contributed by atoms with Gasteiger partial charge in [-0.2, -0.15) is 0 Å². The Hall–Kier alpha value is -0.300. The number of nitrogens with zero attached hydrogens (tertiary/aromatic N) is 1. The summed E-state index contributed by atoms with van der Waals surface area (Å²) in [5, 5.41) is 0. The minimum Gasteiger partial charge on any atom is -0.299 e. The Morgan fingerprint density at radius 2 is 1.83 bits per heavy atom. The second-order valence-corrected chi connectivity index (χ2v) is 6.28. The molecule has 1 spiro atoms. The van der Waals surface area contributed by atoms with Crippen LogP contribution in [0.1, 0.15) is 66.7 Å². The van der Waals surface area contributed by atoms with E-state index in [-0.39, 0.29) is 0 Å². The van der Waals surface area contributed by atoms with Crippen molar-refractivity contribution in [1.82, 2.24) is 4.90 Å². The van der Waals surface area contributed by atoms with Crippen molar-refractivity contribution in [3.05, 3.63) is 11.6 Å². The molecular weight excluding hydrogens is 218 g/mol. The molecule has 2 rings (SSSR count). The summed E-state index contributed by atoms with van der Waals surface area (Å²) in [6, 6.07) is 0. The normalized spacial score (nSPS) is 33.4. The van der Waals surface area contributed by atoms with Gasteiger partial charge in [0.05, 0.1) is 0 Å². The highest BCUT2D eigenvalue weighted by Gasteiger charge is 2.39. The number of rotatable bonds is 2. The molecule has 0 N–H and O–H groups in total. The third kappa shape index (κ3) is 4.12. The second kappa shape index (κ2) is 7.33. The maximum atomic E-state index is 2.67. The van der Waals surface area contributed by atoms with Gasteiger partial charge < -0.3 is 0 Å². The minimum absolute atomic E-state index is 0.709. The maximum absolute atomic E-state index is 2.67. The van der Waals surface area contributed by atoms with Crippen LogP contribution in [0.25, 0.3) is 0 Å². The van der Waals surface area contributed by atoms with Crippen molar-refractivity contribution in [1.29, 1.82) is 0 Å². The molecule has 1 nitrogen and oxygen atoms in total. The molecule has 0 aromatic rings. The lowest BCUT2D eigenvalue weighted by molar-refractivity contribution is 0.159.